The molecule has 1 N–H and O–H groups in total. The minimum absolute atomic E-state index is 0.149. The molecule has 0 aliphatic heterocycles. The maximum Gasteiger partial charge on any atom is 0.128 e. The highest BCUT2D eigenvalue weighted by atomic mass is 19.1. The van der Waals surface area contributed by atoms with E-state index in [1.165, 1.54) is 0 Å². The van der Waals surface area contributed by atoms with Crippen LogP contribution in [0.4, 0.5) is 4.39 Å². The van der Waals surface area contributed by atoms with Gasteiger partial charge in [0.1, 0.15) is 11.6 Å². The molecule has 0 aliphatic rings. The van der Waals surface area contributed by atoms with Crippen LogP contribution in [0.2, 0.25) is 0 Å². The van der Waals surface area contributed by atoms with Crippen LogP contribution >= 0.6 is 0 Å². The van der Waals surface area contributed by atoms with Gasteiger partial charge in [-0.25, -0.2) is 4.39 Å². The lowest BCUT2D eigenvalue weighted by Crippen LogP contribution is -2.25. The maximum atomic E-state index is 14.5. The standard InChI is InChI=1S/C18H24FNO/c1-5-8-20-18(14-7-9-21-16(14)6-2)17-13(4)10-12(3)11-15(17)19/h7,9-11,18,20H,5-6,8H2,1-4H3. The molecule has 0 fully saturated rings. The fourth-order valence-electron chi connectivity index (χ4n) is 2.84. The molecule has 0 bridgehead atoms. The quantitative estimate of drug-likeness (QED) is 0.834. The minimum atomic E-state index is -0.153. The minimum Gasteiger partial charge on any atom is -0.469 e. The van der Waals surface area contributed by atoms with E-state index in [2.05, 4.69) is 19.2 Å². The highest BCUT2D eigenvalue weighted by molar-refractivity contribution is 5.41. The van der Waals surface area contributed by atoms with Gasteiger partial charge >= 0.3 is 0 Å². The van der Waals surface area contributed by atoms with Crippen LogP contribution in [0.3, 0.4) is 0 Å². The lowest BCUT2D eigenvalue weighted by atomic mass is 9.92. The van der Waals surface area contributed by atoms with Crippen molar-refractivity contribution in [3.05, 3.63) is 58.3 Å². The van der Waals surface area contributed by atoms with Gasteiger partial charge in [-0.05, 0) is 50.1 Å². The van der Waals surface area contributed by atoms with Crippen molar-refractivity contribution in [2.45, 2.75) is 46.6 Å². The lowest BCUT2D eigenvalue weighted by Gasteiger charge is -2.22. The van der Waals surface area contributed by atoms with Crippen LogP contribution in [0.1, 0.15) is 54.3 Å². The predicted molar refractivity (Wildman–Crippen MR) is 84.1 cm³/mol. The summed E-state index contributed by atoms with van der Waals surface area (Å²) < 4.78 is 20.1. The molecule has 0 radical (unpaired) electrons. The topological polar surface area (TPSA) is 25.2 Å². The van der Waals surface area contributed by atoms with Crippen molar-refractivity contribution in [2.75, 3.05) is 6.54 Å². The zero-order valence-electron chi connectivity index (χ0n) is 13.3. The van der Waals surface area contributed by atoms with E-state index in [0.717, 1.165) is 47.4 Å². The summed E-state index contributed by atoms with van der Waals surface area (Å²) in [5.74, 6) is 0.771. The number of nitrogens with one attached hydrogen (secondary N) is 1. The van der Waals surface area contributed by atoms with E-state index in [9.17, 15) is 4.39 Å². The van der Waals surface area contributed by atoms with Crippen molar-refractivity contribution >= 4 is 0 Å². The molecule has 0 spiro atoms. The van der Waals surface area contributed by atoms with Gasteiger partial charge in [0.2, 0.25) is 0 Å². The zero-order valence-corrected chi connectivity index (χ0v) is 13.3. The first-order valence-electron chi connectivity index (χ1n) is 7.64. The van der Waals surface area contributed by atoms with Gasteiger partial charge in [0.05, 0.1) is 12.3 Å². The Balaban J connectivity index is 2.51. The predicted octanol–water partition coefficient (Wildman–Crippen LogP) is 4.69. The zero-order chi connectivity index (χ0) is 15.4. The molecular formula is C18H24FNO. The summed E-state index contributed by atoms with van der Waals surface area (Å²) in [4.78, 5) is 0. The van der Waals surface area contributed by atoms with Crippen LogP contribution in [-0.4, -0.2) is 6.54 Å². The molecule has 1 aromatic carbocycles. The normalized spacial score (nSPS) is 12.6. The second kappa shape index (κ2) is 6.90. The van der Waals surface area contributed by atoms with Crippen LogP contribution < -0.4 is 5.32 Å². The molecule has 0 aliphatic carbocycles. The van der Waals surface area contributed by atoms with Crippen LogP contribution in [0, 0.1) is 19.7 Å². The third-order valence-electron chi connectivity index (χ3n) is 3.78. The fraction of sp³-hybridized carbons (Fsp3) is 0.444. The van der Waals surface area contributed by atoms with Gasteiger partial charge in [0.15, 0.2) is 0 Å². The molecule has 2 nitrogen and oxygen atoms in total. The molecule has 0 saturated carbocycles. The highest BCUT2D eigenvalue weighted by Gasteiger charge is 2.23. The van der Waals surface area contributed by atoms with Crippen LogP contribution in [0.25, 0.3) is 0 Å². The average Bonchev–Trinajstić information content (AvgIpc) is 2.89. The van der Waals surface area contributed by atoms with Crippen LogP contribution in [-0.2, 0) is 6.42 Å². The van der Waals surface area contributed by atoms with Crippen molar-refractivity contribution in [3.8, 4) is 0 Å². The van der Waals surface area contributed by atoms with Crippen molar-refractivity contribution in [3.63, 3.8) is 0 Å². The SMILES string of the molecule is CCCNC(c1ccoc1CC)c1c(C)cc(C)cc1F. The number of aryl methyl sites for hydroxylation is 3. The molecular weight excluding hydrogens is 265 g/mol. The molecule has 3 heteroatoms. The molecule has 1 heterocycles. The number of hydrogen-bond donors (Lipinski definition) is 1. The van der Waals surface area contributed by atoms with E-state index in [1.807, 2.05) is 26.0 Å². The number of hydrogen-bond acceptors (Lipinski definition) is 2. The van der Waals surface area contributed by atoms with Gasteiger partial charge in [-0.1, -0.05) is 19.9 Å². The van der Waals surface area contributed by atoms with E-state index >= 15 is 0 Å². The molecule has 1 unspecified atom stereocenters. The number of benzene rings is 1. The van der Waals surface area contributed by atoms with Crippen molar-refractivity contribution in [1.29, 1.82) is 0 Å². The van der Waals surface area contributed by atoms with E-state index < -0.39 is 0 Å². The Labute approximate surface area is 126 Å². The van der Waals surface area contributed by atoms with Gasteiger partial charge in [-0.2, -0.15) is 0 Å². The summed E-state index contributed by atoms with van der Waals surface area (Å²) in [5, 5.41) is 3.46. The van der Waals surface area contributed by atoms with Gasteiger partial charge in [-0.15, -0.1) is 0 Å². The first-order chi connectivity index (χ1) is 10.1. The Kier molecular flexibility index (Phi) is 5.18. The number of rotatable bonds is 6. The van der Waals surface area contributed by atoms with Crippen molar-refractivity contribution < 1.29 is 8.81 Å². The molecule has 21 heavy (non-hydrogen) atoms. The Morgan fingerprint density at radius 2 is 2.00 bits per heavy atom. The van der Waals surface area contributed by atoms with Crippen LogP contribution in [0.15, 0.2) is 28.9 Å². The Bertz CT molecular complexity index is 580. The average molecular weight is 289 g/mol. The van der Waals surface area contributed by atoms with Gasteiger partial charge in [0.25, 0.3) is 0 Å². The molecule has 2 aromatic rings. The summed E-state index contributed by atoms with van der Waals surface area (Å²) in [7, 11) is 0. The molecule has 0 amide bonds. The van der Waals surface area contributed by atoms with E-state index in [4.69, 9.17) is 4.42 Å². The van der Waals surface area contributed by atoms with Gasteiger partial charge in [-0.3, -0.25) is 0 Å². The lowest BCUT2D eigenvalue weighted by molar-refractivity contribution is 0.493. The largest absolute Gasteiger partial charge is 0.469 e. The van der Waals surface area contributed by atoms with Gasteiger partial charge < -0.3 is 9.73 Å². The second-order valence-corrected chi connectivity index (χ2v) is 5.52. The highest BCUT2D eigenvalue weighted by Crippen LogP contribution is 2.31. The van der Waals surface area contributed by atoms with Gasteiger partial charge in [0, 0.05) is 17.5 Å². The number of furan rings is 1. The Morgan fingerprint density at radius 1 is 1.24 bits per heavy atom. The molecule has 1 atom stereocenters. The Morgan fingerprint density at radius 3 is 2.62 bits per heavy atom. The summed E-state index contributed by atoms with van der Waals surface area (Å²) >= 11 is 0. The van der Waals surface area contributed by atoms with E-state index in [-0.39, 0.29) is 11.9 Å². The van der Waals surface area contributed by atoms with Crippen molar-refractivity contribution in [2.24, 2.45) is 0 Å². The smallest absolute Gasteiger partial charge is 0.128 e. The molecule has 114 valence electrons. The maximum absolute atomic E-state index is 14.5. The molecule has 0 saturated heterocycles. The third-order valence-corrected chi connectivity index (χ3v) is 3.78. The molecule has 1 aromatic heterocycles. The monoisotopic (exact) mass is 289 g/mol. The number of halogens is 1. The second-order valence-electron chi connectivity index (χ2n) is 5.52. The summed E-state index contributed by atoms with van der Waals surface area (Å²) in [6, 6.07) is 5.43. The summed E-state index contributed by atoms with van der Waals surface area (Å²) in [6.45, 7) is 8.89. The molecule has 2 rings (SSSR count). The van der Waals surface area contributed by atoms with E-state index in [1.54, 1.807) is 12.3 Å². The van der Waals surface area contributed by atoms with Crippen molar-refractivity contribution in [1.82, 2.24) is 5.32 Å². The summed E-state index contributed by atoms with van der Waals surface area (Å²) in [5.41, 5.74) is 3.69. The fourth-order valence-corrected chi connectivity index (χ4v) is 2.84. The first kappa shape index (κ1) is 15.8. The van der Waals surface area contributed by atoms with Crippen LogP contribution in [0.5, 0.6) is 0 Å². The third kappa shape index (κ3) is 3.35. The summed E-state index contributed by atoms with van der Waals surface area (Å²) in [6.07, 6.45) is 3.50. The first-order valence-corrected chi connectivity index (χ1v) is 7.64. The Hall–Kier alpha value is -1.61. The van der Waals surface area contributed by atoms with E-state index in [0.29, 0.717) is 0 Å².